The van der Waals surface area contributed by atoms with Crippen LogP contribution >= 0.6 is 0 Å². The predicted octanol–water partition coefficient (Wildman–Crippen LogP) is 2.60. The van der Waals surface area contributed by atoms with Crippen molar-refractivity contribution in [3.8, 4) is 0 Å². The fourth-order valence-corrected chi connectivity index (χ4v) is 2.23. The lowest BCUT2D eigenvalue weighted by Gasteiger charge is -2.12. The van der Waals surface area contributed by atoms with Crippen molar-refractivity contribution in [3.05, 3.63) is 51.5 Å². The first-order valence-electron chi connectivity index (χ1n) is 7.17. The van der Waals surface area contributed by atoms with Gasteiger partial charge in [0.05, 0.1) is 18.3 Å². The van der Waals surface area contributed by atoms with Crippen molar-refractivity contribution in [2.45, 2.75) is 33.4 Å². The van der Waals surface area contributed by atoms with Crippen LogP contribution in [0.5, 0.6) is 0 Å². The number of aryl methyl sites for hydroxylation is 1. The van der Waals surface area contributed by atoms with Gasteiger partial charge in [-0.1, -0.05) is 0 Å². The minimum absolute atomic E-state index is 0.196. The van der Waals surface area contributed by atoms with E-state index in [0.29, 0.717) is 0 Å². The van der Waals surface area contributed by atoms with Crippen LogP contribution in [0.3, 0.4) is 0 Å². The summed E-state index contributed by atoms with van der Waals surface area (Å²) in [5.41, 5.74) is 1.95. The van der Waals surface area contributed by atoms with Crippen LogP contribution in [0.25, 0.3) is 6.08 Å². The minimum atomic E-state index is -0.631. The fraction of sp³-hybridized carbons (Fsp3) is 0.333. The van der Waals surface area contributed by atoms with Gasteiger partial charge in [0.2, 0.25) is 5.91 Å². The molecular formula is C15H18N4O4. The highest BCUT2D eigenvalue weighted by Gasteiger charge is 2.14. The smallest absolute Gasteiger partial charge is 0.401 e. The number of aromatic nitrogens is 2. The van der Waals surface area contributed by atoms with Gasteiger partial charge in [-0.15, -0.1) is 0 Å². The van der Waals surface area contributed by atoms with Crippen molar-refractivity contribution in [2.75, 3.05) is 0 Å². The number of hydrogen-bond acceptors (Lipinski definition) is 5. The first-order chi connectivity index (χ1) is 10.9. The Hall–Kier alpha value is -2.90. The number of furan rings is 1. The first kappa shape index (κ1) is 16.5. The van der Waals surface area contributed by atoms with Crippen molar-refractivity contribution in [1.82, 2.24) is 15.1 Å². The topological polar surface area (TPSA) is 103 Å². The third kappa shape index (κ3) is 3.85. The Morgan fingerprint density at radius 3 is 2.87 bits per heavy atom. The molecule has 0 aliphatic carbocycles. The highest BCUT2D eigenvalue weighted by molar-refractivity contribution is 5.91. The van der Waals surface area contributed by atoms with Gasteiger partial charge in [0, 0.05) is 23.9 Å². The van der Waals surface area contributed by atoms with Crippen LogP contribution in [0.2, 0.25) is 0 Å². The molecule has 2 aromatic rings. The van der Waals surface area contributed by atoms with Gasteiger partial charge in [-0.25, -0.2) is 0 Å². The molecule has 0 aliphatic heterocycles. The van der Waals surface area contributed by atoms with Crippen LogP contribution in [0, 0.1) is 17.0 Å². The number of rotatable bonds is 6. The number of amides is 1. The normalized spacial score (nSPS) is 12.5. The maximum atomic E-state index is 11.9. The van der Waals surface area contributed by atoms with Gasteiger partial charge in [0.1, 0.15) is 10.7 Å². The quantitative estimate of drug-likeness (QED) is 0.501. The largest absolute Gasteiger partial charge is 0.433 e. The molecule has 8 nitrogen and oxygen atoms in total. The molecule has 0 radical (unpaired) electrons. The molecule has 122 valence electrons. The van der Waals surface area contributed by atoms with E-state index in [2.05, 4.69) is 10.4 Å². The third-order valence-electron chi connectivity index (χ3n) is 3.46. The highest BCUT2D eigenvalue weighted by Crippen LogP contribution is 2.18. The Labute approximate surface area is 132 Å². The van der Waals surface area contributed by atoms with Crippen molar-refractivity contribution >= 4 is 17.9 Å². The number of nitro groups is 1. The van der Waals surface area contributed by atoms with Crippen LogP contribution in [0.1, 0.15) is 36.9 Å². The summed E-state index contributed by atoms with van der Waals surface area (Å²) in [5, 5.41) is 17.6. The molecule has 0 fully saturated rings. The van der Waals surface area contributed by atoms with Gasteiger partial charge in [-0.3, -0.25) is 19.6 Å². The van der Waals surface area contributed by atoms with Gasteiger partial charge in [0.25, 0.3) is 0 Å². The second-order valence-corrected chi connectivity index (χ2v) is 5.00. The number of nitrogens with zero attached hydrogens (tertiary/aromatic N) is 3. The Morgan fingerprint density at radius 2 is 2.30 bits per heavy atom. The first-order valence-corrected chi connectivity index (χ1v) is 7.17. The highest BCUT2D eigenvalue weighted by atomic mass is 16.6. The molecule has 8 heteroatoms. The van der Waals surface area contributed by atoms with Crippen molar-refractivity contribution in [3.63, 3.8) is 0 Å². The monoisotopic (exact) mass is 318 g/mol. The summed E-state index contributed by atoms with van der Waals surface area (Å²) < 4.78 is 6.80. The molecule has 2 aromatic heterocycles. The van der Waals surface area contributed by atoms with Crippen LogP contribution in [-0.4, -0.2) is 20.6 Å². The van der Waals surface area contributed by atoms with E-state index in [1.807, 2.05) is 25.5 Å². The van der Waals surface area contributed by atoms with E-state index in [4.69, 9.17) is 4.42 Å². The van der Waals surface area contributed by atoms with E-state index in [9.17, 15) is 14.9 Å². The molecule has 0 aliphatic rings. The summed E-state index contributed by atoms with van der Waals surface area (Å²) >= 11 is 0. The molecule has 0 aromatic carbocycles. The zero-order valence-electron chi connectivity index (χ0n) is 13.1. The molecule has 1 atom stereocenters. The van der Waals surface area contributed by atoms with E-state index in [-0.39, 0.29) is 23.6 Å². The standard InChI is InChI=1S/C15H18N4O4/c1-4-18-11(3)13(9-16-18)10(2)17-14(20)7-5-12-6-8-15(23-12)19(21)22/h5-10H,4H2,1-3H3,(H,17,20)/b7-5+. The van der Waals surface area contributed by atoms with Gasteiger partial charge in [-0.2, -0.15) is 5.10 Å². The van der Waals surface area contributed by atoms with Crippen LogP contribution in [-0.2, 0) is 11.3 Å². The molecule has 2 heterocycles. The average Bonchev–Trinajstić information content (AvgIpc) is 3.11. The number of carbonyl (C=O) groups is 1. The summed E-state index contributed by atoms with van der Waals surface area (Å²) in [7, 11) is 0. The molecule has 0 bridgehead atoms. The molecule has 1 amide bonds. The lowest BCUT2D eigenvalue weighted by Crippen LogP contribution is -2.25. The van der Waals surface area contributed by atoms with Crippen LogP contribution in [0.15, 0.2) is 28.8 Å². The summed E-state index contributed by atoms with van der Waals surface area (Å²) in [6, 6.07) is 2.47. The number of carbonyl (C=O) groups excluding carboxylic acids is 1. The Morgan fingerprint density at radius 1 is 1.57 bits per heavy atom. The summed E-state index contributed by atoms with van der Waals surface area (Å²) in [4.78, 5) is 21.8. The Bertz CT molecular complexity index is 744. The van der Waals surface area contributed by atoms with Crippen LogP contribution < -0.4 is 5.32 Å². The molecular weight excluding hydrogens is 300 g/mol. The fourth-order valence-electron chi connectivity index (χ4n) is 2.23. The maximum absolute atomic E-state index is 11.9. The molecule has 23 heavy (non-hydrogen) atoms. The lowest BCUT2D eigenvalue weighted by atomic mass is 10.1. The number of hydrogen-bond donors (Lipinski definition) is 1. The molecule has 1 unspecified atom stereocenters. The van der Waals surface area contributed by atoms with Crippen molar-refractivity contribution in [1.29, 1.82) is 0 Å². The van der Waals surface area contributed by atoms with Gasteiger partial charge >= 0.3 is 5.88 Å². The molecule has 0 saturated heterocycles. The van der Waals surface area contributed by atoms with Gasteiger partial charge in [-0.05, 0) is 32.9 Å². The maximum Gasteiger partial charge on any atom is 0.433 e. The Kier molecular flexibility index (Phi) is 4.95. The molecule has 2 rings (SSSR count). The second kappa shape index (κ2) is 6.91. The lowest BCUT2D eigenvalue weighted by molar-refractivity contribution is -0.402. The number of nitrogens with one attached hydrogen (secondary N) is 1. The molecule has 0 saturated carbocycles. The minimum Gasteiger partial charge on any atom is -0.401 e. The SMILES string of the molecule is CCn1ncc(C(C)NC(=O)/C=C/c2ccc([N+](=O)[O-])o2)c1C. The summed E-state index contributed by atoms with van der Waals surface area (Å²) in [6.45, 7) is 6.59. The zero-order chi connectivity index (χ0) is 17.0. The third-order valence-corrected chi connectivity index (χ3v) is 3.46. The molecule has 0 spiro atoms. The summed E-state index contributed by atoms with van der Waals surface area (Å²) in [5.74, 6) is -0.435. The van der Waals surface area contributed by atoms with Crippen LogP contribution in [0.4, 0.5) is 5.88 Å². The van der Waals surface area contributed by atoms with Crippen molar-refractivity contribution in [2.24, 2.45) is 0 Å². The van der Waals surface area contributed by atoms with E-state index < -0.39 is 4.92 Å². The molecule has 1 N–H and O–H groups in total. The summed E-state index contributed by atoms with van der Waals surface area (Å²) in [6.07, 6.45) is 4.40. The van der Waals surface area contributed by atoms with Gasteiger partial charge in [0.15, 0.2) is 0 Å². The predicted molar refractivity (Wildman–Crippen MR) is 83.6 cm³/mol. The van der Waals surface area contributed by atoms with Crippen molar-refractivity contribution < 1.29 is 14.1 Å². The van der Waals surface area contributed by atoms with E-state index in [1.54, 1.807) is 6.20 Å². The zero-order valence-corrected chi connectivity index (χ0v) is 13.1. The van der Waals surface area contributed by atoms with E-state index in [1.165, 1.54) is 24.3 Å². The average molecular weight is 318 g/mol. The van der Waals surface area contributed by atoms with E-state index in [0.717, 1.165) is 17.8 Å². The van der Waals surface area contributed by atoms with E-state index >= 15 is 0 Å². The second-order valence-electron chi connectivity index (χ2n) is 5.00. The Balaban J connectivity index is 1.99. The van der Waals surface area contributed by atoms with Gasteiger partial charge < -0.3 is 9.73 Å².